The number of amides is 1. The molecule has 0 aliphatic rings. The fraction of sp³-hybridized carbons (Fsp3) is 0.429. The topological polar surface area (TPSA) is 55.4 Å². The maximum Gasteiger partial charge on any atom is 0.419 e. The highest BCUT2D eigenvalue weighted by atomic mass is 19.4. The zero-order valence-electron chi connectivity index (χ0n) is 11.8. The van der Waals surface area contributed by atoms with Crippen molar-refractivity contribution in [3.8, 4) is 0 Å². The van der Waals surface area contributed by atoms with Crippen molar-refractivity contribution in [2.24, 2.45) is 0 Å². The average molecular weight is 321 g/mol. The van der Waals surface area contributed by atoms with Crippen LogP contribution in [0.3, 0.4) is 0 Å². The zero-order valence-corrected chi connectivity index (χ0v) is 11.8. The summed E-state index contributed by atoms with van der Waals surface area (Å²) in [6, 6.07) is 2.01. The normalized spacial score (nSPS) is 11.1. The first-order valence-electron chi connectivity index (χ1n) is 6.56. The number of benzene rings is 1. The summed E-state index contributed by atoms with van der Waals surface area (Å²) in [5, 5.41) is 2.36. The third kappa shape index (κ3) is 5.34. The summed E-state index contributed by atoms with van der Waals surface area (Å²) < 4.78 is 55.4. The largest absolute Gasteiger partial charge is 0.466 e. The van der Waals surface area contributed by atoms with Crippen molar-refractivity contribution >= 4 is 11.9 Å². The van der Waals surface area contributed by atoms with Crippen LogP contribution in [0.25, 0.3) is 0 Å². The van der Waals surface area contributed by atoms with Crippen LogP contribution in [0.4, 0.5) is 17.6 Å². The molecular formula is C14H15F4NO3. The first-order valence-corrected chi connectivity index (χ1v) is 6.56. The molecule has 4 nitrogen and oxygen atoms in total. The number of halogens is 4. The molecule has 8 heteroatoms. The Morgan fingerprint density at radius 2 is 1.95 bits per heavy atom. The van der Waals surface area contributed by atoms with Gasteiger partial charge in [0.15, 0.2) is 0 Å². The first kappa shape index (κ1) is 17.9. The van der Waals surface area contributed by atoms with E-state index in [1.54, 1.807) is 6.92 Å². The molecule has 0 radical (unpaired) electrons. The third-order valence-corrected chi connectivity index (χ3v) is 2.68. The first-order chi connectivity index (χ1) is 10.3. The Labute approximate surface area is 124 Å². The summed E-state index contributed by atoms with van der Waals surface area (Å²) in [5.41, 5.74) is -1.79. The van der Waals surface area contributed by atoms with Crippen LogP contribution >= 0.6 is 0 Å². The number of alkyl halides is 3. The molecule has 0 aliphatic carbocycles. The molecule has 0 aromatic heterocycles. The van der Waals surface area contributed by atoms with Crippen molar-refractivity contribution in [2.45, 2.75) is 25.9 Å². The van der Waals surface area contributed by atoms with E-state index in [-0.39, 0.29) is 31.6 Å². The van der Waals surface area contributed by atoms with Crippen LogP contribution in [-0.4, -0.2) is 25.0 Å². The lowest BCUT2D eigenvalue weighted by Gasteiger charge is -2.10. The molecule has 0 bridgehead atoms. The predicted octanol–water partition coefficient (Wildman–Crippen LogP) is 2.92. The third-order valence-electron chi connectivity index (χ3n) is 2.68. The minimum absolute atomic E-state index is 0.0886. The Balaban J connectivity index is 2.58. The van der Waals surface area contributed by atoms with Crippen molar-refractivity contribution in [3.05, 3.63) is 35.1 Å². The lowest BCUT2D eigenvalue weighted by Crippen LogP contribution is -2.25. The molecule has 1 aromatic carbocycles. The molecule has 0 heterocycles. The zero-order chi connectivity index (χ0) is 16.8. The molecule has 0 spiro atoms. The van der Waals surface area contributed by atoms with Crippen LogP contribution in [0.15, 0.2) is 18.2 Å². The second-order valence-corrected chi connectivity index (χ2v) is 4.36. The van der Waals surface area contributed by atoms with Crippen molar-refractivity contribution in [1.29, 1.82) is 0 Å². The lowest BCUT2D eigenvalue weighted by atomic mass is 10.1. The van der Waals surface area contributed by atoms with E-state index >= 15 is 0 Å². The van der Waals surface area contributed by atoms with E-state index in [9.17, 15) is 27.2 Å². The standard InChI is InChI=1S/C14H15F4NO3/c1-2-22-12(20)4-3-7-19-13(21)9-5-6-11(15)10(8-9)14(16,17)18/h5-6,8H,2-4,7H2,1H3,(H,19,21). The fourth-order valence-corrected chi connectivity index (χ4v) is 1.65. The number of hydrogen-bond acceptors (Lipinski definition) is 3. The van der Waals surface area contributed by atoms with Crippen LogP contribution in [-0.2, 0) is 15.7 Å². The Bertz CT molecular complexity index is 543. The summed E-state index contributed by atoms with van der Waals surface area (Å²) in [5.74, 6) is -2.63. The van der Waals surface area contributed by atoms with Gasteiger partial charge in [0.25, 0.3) is 5.91 Å². The Hall–Kier alpha value is -2.12. The van der Waals surface area contributed by atoms with Crippen LogP contribution in [0.5, 0.6) is 0 Å². The molecule has 0 atom stereocenters. The van der Waals surface area contributed by atoms with E-state index in [1.807, 2.05) is 0 Å². The molecule has 1 rings (SSSR count). The van der Waals surface area contributed by atoms with Gasteiger partial charge in [0.05, 0.1) is 12.2 Å². The van der Waals surface area contributed by atoms with Crippen LogP contribution in [0, 0.1) is 5.82 Å². The summed E-state index contributed by atoms with van der Waals surface area (Å²) in [7, 11) is 0. The van der Waals surface area contributed by atoms with Crippen molar-refractivity contribution in [3.63, 3.8) is 0 Å². The second kappa shape index (κ2) is 7.77. The van der Waals surface area contributed by atoms with Crippen molar-refractivity contribution < 1.29 is 31.9 Å². The highest BCUT2D eigenvalue weighted by molar-refractivity contribution is 5.94. The van der Waals surface area contributed by atoms with E-state index in [0.29, 0.717) is 12.1 Å². The summed E-state index contributed by atoms with van der Waals surface area (Å²) in [6.45, 7) is 2.00. The summed E-state index contributed by atoms with van der Waals surface area (Å²) >= 11 is 0. The maximum atomic E-state index is 13.1. The Morgan fingerprint density at radius 3 is 2.55 bits per heavy atom. The van der Waals surface area contributed by atoms with E-state index < -0.39 is 29.4 Å². The molecule has 0 saturated carbocycles. The van der Waals surface area contributed by atoms with Gasteiger partial charge in [-0.3, -0.25) is 9.59 Å². The van der Waals surface area contributed by atoms with Gasteiger partial charge in [-0.1, -0.05) is 0 Å². The number of hydrogen-bond donors (Lipinski definition) is 1. The number of nitrogens with one attached hydrogen (secondary N) is 1. The van der Waals surface area contributed by atoms with E-state index in [0.717, 1.165) is 6.07 Å². The van der Waals surface area contributed by atoms with Crippen LogP contribution in [0.2, 0.25) is 0 Å². The van der Waals surface area contributed by atoms with Crippen LogP contribution in [0.1, 0.15) is 35.7 Å². The second-order valence-electron chi connectivity index (χ2n) is 4.36. The minimum atomic E-state index is -4.87. The van der Waals surface area contributed by atoms with Gasteiger partial charge in [-0.05, 0) is 31.5 Å². The molecule has 1 amide bonds. The Kier molecular flexibility index (Phi) is 6.33. The van der Waals surface area contributed by atoms with Crippen LogP contribution < -0.4 is 5.32 Å². The van der Waals surface area contributed by atoms with Gasteiger partial charge in [-0.2, -0.15) is 13.2 Å². The van der Waals surface area contributed by atoms with Gasteiger partial charge in [0.1, 0.15) is 5.82 Å². The van der Waals surface area contributed by atoms with Crippen molar-refractivity contribution in [2.75, 3.05) is 13.2 Å². The lowest BCUT2D eigenvalue weighted by molar-refractivity contribution is -0.143. The number of rotatable bonds is 6. The highest BCUT2D eigenvalue weighted by Crippen LogP contribution is 2.31. The smallest absolute Gasteiger partial charge is 0.419 e. The Morgan fingerprint density at radius 1 is 1.27 bits per heavy atom. The quantitative estimate of drug-likeness (QED) is 0.498. The monoisotopic (exact) mass is 321 g/mol. The minimum Gasteiger partial charge on any atom is -0.466 e. The van der Waals surface area contributed by atoms with E-state index in [1.165, 1.54) is 0 Å². The predicted molar refractivity (Wildman–Crippen MR) is 69.6 cm³/mol. The van der Waals surface area contributed by atoms with Gasteiger partial charge in [0, 0.05) is 18.5 Å². The SMILES string of the molecule is CCOC(=O)CCCNC(=O)c1ccc(F)c(C(F)(F)F)c1. The van der Waals surface area contributed by atoms with Gasteiger partial charge >= 0.3 is 12.1 Å². The molecule has 1 aromatic rings. The fourth-order valence-electron chi connectivity index (χ4n) is 1.65. The molecule has 1 N–H and O–H groups in total. The van der Waals surface area contributed by atoms with E-state index in [4.69, 9.17) is 0 Å². The van der Waals surface area contributed by atoms with Gasteiger partial charge in [-0.15, -0.1) is 0 Å². The summed E-state index contributed by atoms with van der Waals surface area (Å²) in [4.78, 5) is 22.7. The maximum absolute atomic E-state index is 13.1. The number of esters is 1. The van der Waals surface area contributed by atoms with Gasteiger partial charge in [-0.25, -0.2) is 4.39 Å². The molecule has 0 saturated heterocycles. The summed E-state index contributed by atoms with van der Waals surface area (Å²) in [6.07, 6.45) is -4.49. The molecule has 22 heavy (non-hydrogen) atoms. The average Bonchev–Trinajstić information content (AvgIpc) is 2.43. The molecule has 0 fully saturated rings. The highest BCUT2D eigenvalue weighted by Gasteiger charge is 2.34. The number of carbonyl (C=O) groups excluding carboxylic acids is 2. The molecule has 122 valence electrons. The number of carbonyl (C=O) groups is 2. The van der Waals surface area contributed by atoms with Gasteiger partial charge < -0.3 is 10.1 Å². The molecule has 0 unspecified atom stereocenters. The van der Waals surface area contributed by atoms with Crippen molar-refractivity contribution in [1.82, 2.24) is 5.32 Å². The molecule has 0 aliphatic heterocycles. The van der Waals surface area contributed by atoms with Gasteiger partial charge in [0.2, 0.25) is 0 Å². The van der Waals surface area contributed by atoms with E-state index in [2.05, 4.69) is 10.1 Å². The molecular weight excluding hydrogens is 306 g/mol. The number of ether oxygens (including phenoxy) is 1.